The summed E-state index contributed by atoms with van der Waals surface area (Å²) >= 11 is 12.7. The van der Waals surface area contributed by atoms with Crippen LogP contribution in [0.25, 0.3) is 0 Å². The van der Waals surface area contributed by atoms with E-state index in [2.05, 4.69) is 26.1 Å². The highest BCUT2D eigenvalue weighted by Gasteiger charge is 2.59. The van der Waals surface area contributed by atoms with Gasteiger partial charge in [0, 0.05) is 22.7 Å². The molecule has 0 aromatic heterocycles. The maximum absolute atomic E-state index is 6.43. The Hall–Kier alpha value is -0.440. The van der Waals surface area contributed by atoms with E-state index in [9.17, 15) is 0 Å². The molecule has 0 aliphatic heterocycles. The summed E-state index contributed by atoms with van der Waals surface area (Å²) in [4.78, 5) is 0. The molecule has 1 aromatic carbocycles. The standard InChI is InChI=1S/C22H31Cl2NO/c1-4-5-26-19-16(6-17(23)7-18(19)24)11-25-22-10-15-8-20(2,13-22)12-21(3,9-15)14-22/h6-7,15,25H,4-5,8-14H2,1-3H3/t15?,20-,21+,22?. The van der Waals surface area contributed by atoms with E-state index in [1.807, 2.05) is 6.07 Å². The number of benzene rings is 1. The van der Waals surface area contributed by atoms with Gasteiger partial charge in [0.25, 0.3) is 0 Å². The minimum Gasteiger partial charge on any atom is -0.492 e. The van der Waals surface area contributed by atoms with Crippen molar-refractivity contribution in [2.75, 3.05) is 6.61 Å². The molecule has 4 heteroatoms. The number of ether oxygens (including phenoxy) is 1. The van der Waals surface area contributed by atoms with Gasteiger partial charge in [0.1, 0.15) is 5.75 Å². The summed E-state index contributed by atoms with van der Waals surface area (Å²) in [5, 5.41) is 5.27. The largest absolute Gasteiger partial charge is 0.492 e. The smallest absolute Gasteiger partial charge is 0.142 e. The van der Waals surface area contributed by atoms with E-state index in [1.54, 1.807) is 6.07 Å². The van der Waals surface area contributed by atoms with Crippen LogP contribution < -0.4 is 10.1 Å². The quantitative estimate of drug-likeness (QED) is 0.583. The zero-order chi connectivity index (χ0) is 18.6. The minimum atomic E-state index is 0.264. The lowest BCUT2D eigenvalue weighted by atomic mass is 9.43. The Bertz CT molecular complexity index is 686. The van der Waals surface area contributed by atoms with Crippen molar-refractivity contribution >= 4 is 23.2 Å². The number of halogens is 2. The van der Waals surface area contributed by atoms with Gasteiger partial charge in [-0.2, -0.15) is 0 Å². The molecule has 1 N–H and O–H groups in total. The summed E-state index contributed by atoms with van der Waals surface area (Å²) in [6.07, 6.45) is 9.11. The summed E-state index contributed by atoms with van der Waals surface area (Å²) in [6, 6.07) is 3.79. The van der Waals surface area contributed by atoms with Crippen molar-refractivity contribution in [2.45, 2.75) is 77.8 Å². The molecule has 0 radical (unpaired) electrons. The van der Waals surface area contributed by atoms with Crippen LogP contribution in [0.1, 0.15) is 71.3 Å². The molecule has 0 heterocycles. The molecule has 4 atom stereocenters. The van der Waals surface area contributed by atoms with Gasteiger partial charge in [0.15, 0.2) is 0 Å². The first-order chi connectivity index (χ1) is 12.2. The van der Waals surface area contributed by atoms with Crippen LogP contribution >= 0.6 is 23.2 Å². The monoisotopic (exact) mass is 395 g/mol. The maximum atomic E-state index is 6.43. The van der Waals surface area contributed by atoms with E-state index in [-0.39, 0.29) is 5.54 Å². The van der Waals surface area contributed by atoms with Gasteiger partial charge in [0.2, 0.25) is 0 Å². The van der Waals surface area contributed by atoms with Gasteiger partial charge in [-0.25, -0.2) is 0 Å². The van der Waals surface area contributed by atoms with E-state index in [0.717, 1.165) is 30.2 Å². The molecule has 4 aliphatic rings. The molecule has 4 fully saturated rings. The SMILES string of the molecule is CCCOc1c(Cl)cc(Cl)cc1CNC12CC3C[C@@](C)(C1)C[C@](C)(C3)C2. The van der Waals surface area contributed by atoms with E-state index in [0.29, 0.717) is 27.5 Å². The highest BCUT2D eigenvalue weighted by atomic mass is 35.5. The molecular weight excluding hydrogens is 365 g/mol. The van der Waals surface area contributed by atoms with Crippen LogP contribution in [0.15, 0.2) is 12.1 Å². The third-order valence-corrected chi connectivity index (χ3v) is 7.31. The van der Waals surface area contributed by atoms with Crippen LogP contribution in [-0.2, 0) is 6.54 Å². The Balaban J connectivity index is 1.56. The Morgan fingerprint density at radius 3 is 2.38 bits per heavy atom. The van der Waals surface area contributed by atoms with Crippen molar-refractivity contribution in [3.63, 3.8) is 0 Å². The van der Waals surface area contributed by atoms with Crippen LogP contribution in [0.2, 0.25) is 10.0 Å². The van der Waals surface area contributed by atoms with Crippen molar-refractivity contribution in [3.05, 3.63) is 27.7 Å². The molecule has 4 saturated carbocycles. The van der Waals surface area contributed by atoms with Crippen molar-refractivity contribution in [1.29, 1.82) is 0 Å². The molecule has 1 aromatic rings. The van der Waals surface area contributed by atoms with Crippen LogP contribution in [0, 0.1) is 16.7 Å². The predicted molar refractivity (Wildman–Crippen MR) is 109 cm³/mol. The first-order valence-electron chi connectivity index (χ1n) is 10.1. The fourth-order valence-corrected chi connectivity index (χ4v) is 7.63. The Morgan fingerprint density at radius 1 is 1.08 bits per heavy atom. The van der Waals surface area contributed by atoms with Crippen molar-refractivity contribution < 1.29 is 4.74 Å². The molecule has 0 spiro atoms. The lowest BCUT2D eigenvalue weighted by Crippen LogP contribution is -2.63. The molecule has 4 bridgehead atoms. The van der Waals surface area contributed by atoms with Gasteiger partial charge in [-0.3, -0.25) is 0 Å². The van der Waals surface area contributed by atoms with Crippen molar-refractivity contribution in [1.82, 2.24) is 5.32 Å². The van der Waals surface area contributed by atoms with Crippen LogP contribution in [-0.4, -0.2) is 12.1 Å². The van der Waals surface area contributed by atoms with Crippen LogP contribution in [0.4, 0.5) is 0 Å². The maximum Gasteiger partial charge on any atom is 0.142 e. The summed E-state index contributed by atoms with van der Waals surface area (Å²) in [5.41, 5.74) is 2.37. The van der Waals surface area contributed by atoms with E-state index < -0.39 is 0 Å². The Kier molecular flexibility index (Phi) is 4.77. The summed E-state index contributed by atoms with van der Waals surface area (Å²) in [7, 11) is 0. The third-order valence-electron chi connectivity index (χ3n) is 6.82. The summed E-state index contributed by atoms with van der Waals surface area (Å²) < 4.78 is 5.95. The number of rotatable bonds is 6. The lowest BCUT2D eigenvalue weighted by Gasteiger charge is -2.65. The van der Waals surface area contributed by atoms with Gasteiger partial charge >= 0.3 is 0 Å². The predicted octanol–water partition coefficient (Wildman–Crippen LogP) is 6.62. The normalized spacial score (nSPS) is 38.0. The zero-order valence-corrected chi connectivity index (χ0v) is 17.8. The molecule has 144 valence electrons. The Labute approximate surface area is 168 Å². The van der Waals surface area contributed by atoms with E-state index in [1.165, 1.54) is 38.5 Å². The average molecular weight is 396 g/mol. The van der Waals surface area contributed by atoms with E-state index in [4.69, 9.17) is 27.9 Å². The summed E-state index contributed by atoms with van der Waals surface area (Å²) in [5.74, 6) is 1.68. The molecule has 2 unspecified atom stereocenters. The van der Waals surface area contributed by atoms with Crippen molar-refractivity contribution in [2.24, 2.45) is 16.7 Å². The second-order valence-corrected chi connectivity index (χ2v) is 10.8. The molecular formula is C22H31Cl2NO. The van der Waals surface area contributed by atoms with Crippen LogP contribution in [0.3, 0.4) is 0 Å². The van der Waals surface area contributed by atoms with Gasteiger partial charge in [-0.1, -0.05) is 44.0 Å². The lowest BCUT2D eigenvalue weighted by molar-refractivity contribution is -0.118. The molecule has 2 nitrogen and oxygen atoms in total. The zero-order valence-electron chi connectivity index (χ0n) is 16.3. The van der Waals surface area contributed by atoms with Gasteiger partial charge in [0.05, 0.1) is 11.6 Å². The topological polar surface area (TPSA) is 21.3 Å². The highest BCUT2D eigenvalue weighted by molar-refractivity contribution is 6.35. The first kappa shape index (κ1) is 18.9. The summed E-state index contributed by atoms with van der Waals surface area (Å²) in [6.45, 7) is 8.59. The fraction of sp³-hybridized carbons (Fsp3) is 0.727. The number of hydrogen-bond acceptors (Lipinski definition) is 2. The third kappa shape index (κ3) is 3.50. The number of nitrogens with one attached hydrogen (secondary N) is 1. The van der Waals surface area contributed by atoms with Gasteiger partial charge < -0.3 is 10.1 Å². The minimum absolute atomic E-state index is 0.264. The van der Waals surface area contributed by atoms with Crippen molar-refractivity contribution in [3.8, 4) is 5.75 Å². The Morgan fingerprint density at radius 2 is 1.77 bits per heavy atom. The van der Waals surface area contributed by atoms with Gasteiger partial charge in [-0.15, -0.1) is 0 Å². The average Bonchev–Trinajstić information content (AvgIpc) is 2.48. The second-order valence-electron chi connectivity index (χ2n) is 9.99. The molecule has 26 heavy (non-hydrogen) atoms. The molecule has 5 rings (SSSR count). The molecule has 0 saturated heterocycles. The fourth-order valence-electron chi connectivity index (χ4n) is 7.04. The van der Waals surface area contributed by atoms with Crippen LogP contribution in [0.5, 0.6) is 5.75 Å². The highest BCUT2D eigenvalue weighted by Crippen LogP contribution is 2.66. The molecule has 4 aliphatic carbocycles. The second kappa shape index (κ2) is 6.57. The number of hydrogen-bond donors (Lipinski definition) is 1. The first-order valence-corrected chi connectivity index (χ1v) is 10.9. The van der Waals surface area contributed by atoms with E-state index >= 15 is 0 Å². The van der Waals surface area contributed by atoms with Gasteiger partial charge in [-0.05, 0) is 73.8 Å². The molecule has 0 amide bonds.